The highest BCUT2D eigenvalue weighted by molar-refractivity contribution is 4.77. The Morgan fingerprint density at radius 3 is 2.36 bits per heavy atom. The lowest BCUT2D eigenvalue weighted by Gasteiger charge is -2.34. The Morgan fingerprint density at radius 2 is 1.86 bits per heavy atom. The molecule has 0 aromatic carbocycles. The number of aliphatic hydroxyl groups is 1. The van der Waals surface area contributed by atoms with Gasteiger partial charge in [0.05, 0.1) is 6.61 Å². The average molecular weight is 199 g/mol. The molecular formula is C12H25NO. The topological polar surface area (TPSA) is 23.5 Å². The molecule has 1 aliphatic rings. The van der Waals surface area contributed by atoms with Crippen LogP contribution in [-0.4, -0.2) is 36.2 Å². The second-order valence-corrected chi connectivity index (χ2v) is 4.67. The molecule has 0 heterocycles. The molecule has 1 saturated carbocycles. The summed E-state index contributed by atoms with van der Waals surface area (Å²) in [6, 6.07) is 0.732. The first kappa shape index (κ1) is 12.0. The number of likely N-dealkylation sites (N-methyl/N-ethyl adjacent to an activating group) is 1. The van der Waals surface area contributed by atoms with Gasteiger partial charge in [0.2, 0.25) is 0 Å². The van der Waals surface area contributed by atoms with Gasteiger partial charge in [-0.2, -0.15) is 0 Å². The van der Waals surface area contributed by atoms with Crippen molar-refractivity contribution in [3.63, 3.8) is 0 Å². The predicted molar refractivity (Wildman–Crippen MR) is 60.4 cm³/mol. The van der Waals surface area contributed by atoms with E-state index in [-0.39, 0.29) is 0 Å². The first-order valence-corrected chi connectivity index (χ1v) is 6.09. The average Bonchev–Trinajstić information content (AvgIpc) is 2.20. The standard InChI is InChI=1S/C12H25NO/c1-3-4-11-5-7-12(8-6-11)13(2)9-10-14/h11-12,14H,3-10H2,1-2H3. The van der Waals surface area contributed by atoms with Gasteiger partial charge in [0.25, 0.3) is 0 Å². The molecule has 2 heteroatoms. The van der Waals surface area contributed by atoms with Crippen LogP contribution in [0.2, 0.25) is 0 Å². The number of hydrogen-bond acceptors (Lipinski definition) is 2. The summed E-state index contributed by atoms with van der Waals surface area (Å²) in [6.45, 7) is 3.42. The molecule has 14 heavy (non-hydrogen) atoms. The van der Waals surface area contributed by atoms with Crippen molar-refractivity contribution in [2.24, 2.45) is 5.92 Å². The van der Waals surface area contributed by atoms with Gasteiger partial charge in [-0.3, -0.25) is 0 Å². The van der Waals surface area contributed by atoms with Gasteiger partial charge in [0.1, 0.15) is 0 Å². The summed E-state index contributed by atoms with van der Waals surface area (Å²) in [5.74, 6) is 0.985. The SMILES string of the molecule is CCCC1CCC(N(C)CCO)CC1. The van der Waals surface area contributed by atoms with E-state index >= 15 is 0 Å². The molecule has 0 saturated heterocycles. The van der Waals surface area contributed by atoms with Crippen molar-refractivity contribution in [2.75, 3.05) is 20.2 Å². The van der Waals surface area contributed by atoms with Crippen LogP contribution in [-0.2, 0) is 0 Å². The summed E-state index contributed by atoms with van der Waals surface area (Å²) < 4.78 is 0. The Morgan fingerprint density at radius 1 is 1.21 bits per heavy atom. The van der Waals surface area contributed by atoms with Crippen LogP contribution in [0, 0.1) is 5.92 Å². The summed E-state index contributed by atoms with van der Waals surface area (Å²) in [5, 5.41) is 8.86. The molecule has 0 radical (unpaired) electrons. The monoisotopic (exact) mass is 199 g/mol. The van der Waals surface area contributed by atoms with Crippen molar-refractivity contribution in [3.8, 4) is 0 Å². The molecule has 1 N–H and O–H groups in total. The number of aliphatic hydroxyl groups excluding tert-OH is 1. The molecule has 0 amide bonds. The Balaban J connectivity index is 2.21. The highest BCUT2D eigenvalue weighted by Gasteiger charge is 2.22. The fourth-order valence-electron chi connectivity index (χ4n) is 2.62. The van der Waals surface area contributed by atoms with Crippen molar-refractivity contribution in [1.82, 2.24) is 4.90 Å². The number of hydrogen-bond donors (Lipinski definition) is 1. The highest BCUT2D eigenvalue weighted by atomic mass is 16.3. The Hall–Kier alpha value is -0.0800. The smallest absolute Gasteiger partial charge is 0.0558 e. The zero-order chi connectivity index (χ0) is 10.4. The molecule has 0 aromatic heterocycles. The van der Waals surface area contributed by atoms with Crippen LogP contribution in [0.4, 0.5) is 0 Å². The van der Waals surface area contributed by atoms with Gasteiger partial charge in [-0.15, -0.1) is 0 Å². The van der Waals surface area contributed by atoms with E-state index in [2.05, 4.69) is 18.9 Å². The molecule has 0 spiro atoms. The lowest BCUT2D eigenvalue weighted by atomic mass is 9.83. The van der Waals surface area contributed by atoms with Gasteiger partial charge in [0, 0.05) is 12.6 Å². The molecule has 1 rings (SSSR count). The van der Waals surface area contributed by atoms with Crippen molar-refractivity contribution in [2.45, 2.75) is 51.5 Å². The van der Waals surface area contributed by atoms with Crippen LogP contribution in [0.5, 0.6) is 0 Å². The van der Waals surface area contributed by atoms with Gasteiger partial charge < -0.3 is 10.0 Å². The summed E-state index contributed by atoms with van der Waals surface area (Å²) in [7, 11) is 2.14. The third kappa shape index (κ3) is 3.58. The first-order valence-electron chi connectivity index (χ1n) is 6.09. The van der Waals surface area contributed by atoms with Crippen molar-refractivity contribution < 1.29 is 5.11 Å². The van der Waals surface area contributed by atoms with E-state index in [0.717, 1.165) is 18.5 Å². The quantitative estimate of drug-likeness (QED) is 0.734. The van der Waals surface area contributed by atoms with Crippen molar-refractivity contribution in [1.29, 1.82) is 0 Å². The van der Waals surface area contributed by atoms with E-state index in [1.54, 1.807) is 0 Å². The van der Waals surface area contributed by atoms with Crippen LogP contribution in [0.25, 0.3) is 0 Å². The minimum Gasteiger partial charge on any atom is -0.395 e. The van der Waals surface area contributed by atoms with E-state index in [1.165, 1.54) is 38.5 Å². The molecule has 2 nitrogen and oxygen atoms in total. The minimum absolute atomic E-state index is 0.297. The summed E-state index contributed by atoms with van der Waals surface area (Å²) in [6.07, 6.45) is 8.21. The molecule has 0 unspecified atom stereocenters. The lowest BCUT2D eigenvalue weighted by Crippen LogP contribution is -2.36. The molecule has 0 aliphatic heterocycles. The Kier molecular flexibility index (Phi) is 5.49. The third-order valence-corrected chi connectivity index (χ3v) is 3.59. The summed E-state index contributed by atoms with van der Waals surface area (Å²) in [4.78, 5) is 2.32. The van der Waals surface area contributed by atoms with Crippen LogP contribution in [0.3, 0.4) is 0 Å². The maximum atomic E-state index is 8.86. The Labute approximate surface area is 88.3 Å². The van der Waals surface area contributed by atoms with E-state index < -0.39 is 0 Å². The van der Waals surface area contributed by atoms with Gasteiger partial charge in [-0.05, 0) is 38.6 Å². The van der Waals surface area contributed by atoms with Gasteiger partial charge in [-0.1, -0.05) is 19.8 Å². The maximum Gasteiger partial charge on any atom is 0.0558 e. The second kappa shape index (κ2) is 6.41. The highest BCUT2D eigenvalue weighted by Crippen LogP contribution is 2.29. The second-order valence-electron chi connectivity index (χ2n) is 4.67. The van der Waals surface area contributed by atoms with Crippen LogP contribution < -0.4 is 0 Å². The Bertz CT molecular complexity index is 141. The predicted octanol–water partition coefficient (Wildman–Crippen LogP) is 2.27. The normalized spacial score (nSPS) is 28.3. The van der Waals surface area contributed by atoms with E-state index in [4.69, 9.17) is 5.11 Å². The molecule has 1 fully saturated rings. The molecule has 1 aliphatic carbocycles. The van der Waals surface area contributed by atoms with Crippen LogP contribution >= 0.6 is 0 Å². The van der Waals surface area contributed by atoms with Gasteiger partial charge in [0.15, 0.2) is 0 Å². The zero-order valence-electron chi connectivity index (χ0n) is 9.71. The van der Waals surface area contributed by atoms with E-state index in [1.807, 2.05) is 0 Å². The minimum atomic E-state index is 0.297. The number of nitrogens with zero attached hydrogens (tertiary/aromatic N) is 1. The lowest BCUT2D eigenvalue weighted by molar-refractivity contribution is 0.134. The number of rotatable bonds is 5. The molecule has 0 aromatic rings. The zero-order valence-corrected chi connectivity index (χ0v) is 9.71. The van der Waals surface area contributed by atoms with Gasteiger partial charge >= 0.3 is 0 Å². The molecule has 84 valence electrons. The first-order chi connectivity index (χ1) is 6.77. The molecule has 0 atom stereocenters. The molecular weight excluding hydrogens is 174 g/mol. The van der Waals surface area contributed by atoms with Crippen molar-refractivity contribution >= 4 is 0 Å². The largest absolute Gasteiger partial charge is 0.395 e. The van der Waals surface area contributed by atoms with Crippen LogP contribution in [0.1, 0.15) is 45.4 Å². The van der Waals surface area contributed by atoms with Gasteiger partial charge in [-0.25, -0.2) is 0 Å². The fourth-order valence-corrected chi connectivity index (χ4v) is 2.62. The fraction of sp³-hybridized carbons (Fsp3) is 1.00. The van der Waals surface area contributed by atoms with E-state index in [9.17, 15) is 0 Å². The molecule has 0 bridgehead atoms. The van der Waals surface area contributed by atoms with Crippen LogP contribution in [0.15, 0.2) is 0 Å². The van der Waals surface area contributed by atoms with Crippen molar-refractivity contribution in [3.05, 3.63) is 0 Å². The third-order valence-electron chi connectivity index (χ3n) is 3.59. The summed E-state index contributed by atoms with van der Waals surface area (Å²) >= 11 is 0. The van der Waals surface area contributed by atoms with E-state index in [0.29, 0.717) is 6.61 Å². The maximum absolute atomic E-state index is 8.86. The summed E-state index contributed by atoms with van der Waals surface area (Å²) in [5.41, 5.74) is 0.